The lowest BCUT2D eigenvalue weighted by molar-refractivity contribution is -0.128. The molecular formula is C51H68N10O8S. The second-order valence-electron chi connectivity index (χ2n) is 20.2. The summed E-state index contributed by atoms with van der Waals surface area (Å²) in [7, 11) is 1.90. The number of hydrogen-bond donors (Lipinski definition) is 3. The molecule has 5 amide bonds. The molecule has 19 heteroatoms. The van der Waals surface area contributed by atoms with Crippen LogP contribution in [0.1, 0.15) is 107 Å². The van der Waals surface area contributed by atoms with E-state index in [0.29, 0.717) is 60.5 Å². The largest absolute Gasteiger partial charge is 0.444 e. The first-order valence-corrected chi connectivity index (χ1v) is 25.3. The molecule has 18 nitrogen and oxygen atoms in total. The van der Waals surface area contributed by atoms with Crippen LogP contribution in [0.2, 0.25) is 0 Å². The number of carbonyl (C=O) groups excluding carboxylic acids is 5. The fourth-order valence-electron chi connectivity index (χ4n) is 9.03. The highest BCUT2D eigenvalue weighted by atomic mass is 32.2. The topological polar surface area (TPSA) is 202 Å². The predicted molar refractivity (Wildman–Crippen MR) is 268 cm³/mol. The van der Waals surface area contributed by atoms with Crippen LogP contribution in [0.5, 0.6) is 0 Å². The maximum Gasteiger partial charge on any atom is 0.415 e. The third-order valence-corrected chi connectivity index (χ3v) is 13.7. The number of ether oxygens (including phenoxy) is 3. The minimum Gasteiger partial charge on any atom is -0.444 e. The first kappa shape index (κ1) is 51.8. The highest BCUT2D eigenvalue weighted by Crippen LogP contribution is 2.41. The Morgan fingerprint density at radius 1 is 1.01 bits per heavy atom. The number of rotatable bonds is 17. The molecular weight excluding hydrogens is 913 g/mol. The van der Waals surface area contributed by atoms with Crippen molar-refractivity contribution >= 4 is 59.0 Å². The number of fused-ring (bicyclic) bond motifs is 1. The number of piperidine rings is 1. The van der Waals surface area contributed by atoms with Crippen molar-refractivity contribution in [2.24, 2.45) is 18.9 Å². The second kappa shape index (κ2) is 21.9. The van der Waals surface area contributed by atoms with Gasteiger partial charge in [-0.3, -0.25) is 29.1 Å². The Kier molecular flexibility index (Phi) is 16.2. The average molecular weight is 981 g/mol. The Labute approximate surface area is 415 Å². The second-order valence-corrected chi connectivity index (χ2v) is 21.0. The number of hydrogen-bond acceptors (Lipinski definition) is 13. The molecule has 2 saturated heterocycles. The first-order valence-electron chi connectivity index (χ1n) is 24.1. The molecule has 0 unspecified atom stereocenters. The number of likely N-dealkylation sites (tertiary alicyclic amines) is 1. The summed E-state index contributed by atoms with van der Waals surface area (Å²) in [4.78, 5) is 79.0. The average Bonchev–Trinajstić information content (AvgIpc) is 3.86. The van der Waals surface area contributed by atoms with E-state index in [1.54, 1.807) is 88.8 Å². The number of aryl methyl sites for hydroxylation is 1. The van der Waals surface area contributed by atoms with Gasteiger partial charge in [0, 0.05) is 54.7 Å². The highest BCUT2D eigenvalue weighted by molar-refractivity contribution is 7.98. The lowest BCUT2D eigenvalue weighted by atomic mass is 9.75. The molecule has 2 aromatic heterocycles. The Bertz CT molecular complexity index is 2560. The van der Waals surface area contributed by atoms with Crippen LogP contribution < -0.4 is 25.8 Å². The van der Waals surface area contributed by atoms with E-state index in [2.05, 4.69) is 44.0 Å². The number of amides is 5. The van der Waals surface area contributed by atoms with Crippen LogP contribution in [0.25, 0.3) is 0 Å². The zero-order valence-corrected chi connectivity index (χ0v) is 42.9. The molecule has 2 fully saturated rings. The molecule has 0 saturated carbocycles. The molecule has 3 atom stereocenters. The normalized spacial score (nSPS) is 17.6. The van der Waals surface area contributed by atoms with Gasteiger partial charge in [0.1, 0.15) is 48.1 Å². The Balaban J connectivity index is 1.06. The molecule has 0 aliphatic carbocycles. The van der Waals surface area contributed by atoms with Crippen molar-refractivity contribution in [1.82, 2.24) is 35.3 Å². The standard InChI is InChI=1S/C51H68N10O8S/c1-11-60(49(66)68-27-34-14-16-37(17-15-34)54-45(62)33(5)53-46(63)44(31(2)3)56-48(65)69-50(6,7)8)41-21-36(51(28-67-29-51)23-43-57-52-30-58(43)9)22-42(55-41)61-26-39-38(47(61)64)19-35(20-40(39)70-10)25-59-18-12-13-32(4)24-59/h14-17,19-22,30-33,44H,11-13,18,23-29H2,1-10H3,(H,53,63)(H,54,62)(H,56,65)/t32-,33-,44-/m0/s1. The zero-order valence-electron chi connectivity index (χ0n) is 42.1. The lowest BCUT2D eigenvalue weighted by Crippen LogP contribution is -2.54. The van der Waals surface area contributed by atoms with Gasteiger partial charge in [0.2, 0.25) is 11.8 Å². The first-order chi connectivity index (χ1) is 33.3. The van der Waals surface area contributed by atoms with Gasteiger partial charge in [-0.15, -0.1) is 22.0 Å². The fraction of sp³-hybridized carbons (Fsp3) is 0.529. The summed E-state index contributed by atoms with van der Waals surface area (Å²) in [5.74, 6) is 0.760. The maximum atomic E-state index is 14.6. The van der Waals surface area contributed by atoms with Gasteiger partial charge in [0.15, 0.2) is 0 Å². The summed E-state index contributed by atoms with van der Waals surface area (Å²) in [6.45, 7) is 18.6. The number of thioether (sulfide) groups is 1. The number of alkyl carbamates (subject to hydrolysis) is 1. The maximum absolute atomic E-state index is 14.6. The monoisotopic (exact) mass is 980 g/mol. The third-order valence-electron chi connectivity index (χ3n) is 12.9. The van der Waals surface area contributed by atoms with Gasteiger partial charge in [0.05, 0.1) is 19.8 Å². The molecule has 2 aromatic carbocycles. The smallest absolute Gasteiger partial charge is 0.415 e. The van der Waals surface area contributed by atoms with Gasteiger partial charge in [0.25, 0.3) is 5.91 Å². The molecule has 70 heavy (non-hydrogen) atoms. The Morgan fingerprint density at radius 2 is 1.76 bits per heavy atom. The number of nitrogens with one attached hydrogen (secondary N) is 3. The Hall–Kier alpha value is -6.05. The number of pyridine rings is 1. The van der Waals surface area contributed by atoms with Crippen LogP contribution in [-0.4, -0.2) is 111 Å². The van der Waals surface area contributed by atoms with E-state index in [1.165, 1.54) is 17.7 Å². The van der Waals surface area contributed by atoms with E-state index in [9.17, 15) is 24.0 Å². The van der Waals surface area contributed by atoms with Gasteiger partial charge >= 0.3 is 12.2 Å². The summed E-state index contributed by atoms with van der Waals surface area (Å²) < 4.78 is 18.9. The molecule has 3 aliphatic rings. The van der Waals surface area contributed by atoms with Crippen LogP contribution in [0.3, 0.4) is 0 Å². The summed E-state index contributed by atoms with van der Waals surface area (Å²) in [5.41, 5.74) is 3.46. The molecule has 3 aliphatic heterocycles. The van der Waals surface area contributed by atoms with Crippen molar-refractivity contribution in [3.05, 3.63) is 88.5 Å². The molecule has 0 radical (unpaired) electrons. The fourth-order valence-corrected chi connectivity index (χ4v) is 9.72. The number of anilines is 3. The van der Waals surface area contributed by atoms with E-state index in [1.807, 2.05) is 43.0 Å². The van der Waals surface area contributed by atoms with E-state index in [-0.39, 0.29) is 25.0 Å². The summed E-state index contributed by atoms with van der Waals surface area (Å²) in [5, 5.41) is 16.6. The SMILES string of the molecule is CCN(C(=O)OCc1ccc(NC(=O)[C@H](C)NC(=O)[C@@H](NC(=O)OC(C)(C)C)C(C)C)cc1)c1cc(C2(Cc3nncn3C)COC2)cc(N2Cc3c(SC)cc(CN4CCC[C@H](C)C4)cc3C2=O)n1. The minimum absolute atomic E-state index is 0.0796. The van der Waals surface area contributed by atoms with Crippen LogP contribution in [-0.2, 0) is 62.4 Å². The number of carbonyl (C=O) groups is 5. The van der Waals surface area contributed by atoms with Crippen molar-refractivity contribution < 1.29 is 38.2 Å². The van der Waals surface area contributed by atoms with Crippen molar-refractivity contribution in [1.29, 1.82) is 0 Å². The number of aromatic nitrogens is 4. The van der Waals surface area contributed by atoms with Crippen molar-refractivity contribution in [2.45, 2.75) is 122 Å². The minimum atomic E-state index is -0.931. The molecule has 7 rings (SSSR count). The zero-order chi connectivity index (χ0) is 50.5. The van der Waals surface area contributed by atoms with Gasteiger partial charge < -0.3 is 34.7 Å². The summed E-state index contributed by atoms with van der Waals surface area (Å²) in [6, 6.07) is 13.0. The summed E-state index contributed by atoms with van der Waals surface area (Å²) in [6.07, 6.45) is 5.26. The molecule has 0 spiro atoms. The molecule has 0 bridgehead atoms. The molecule has 4 aromatic rings. The van der Waals surface area contributed by atoms with Crippen molar-refractivity contribution in [3.8, 4) is 0 Å². The number of nitrogens with zero attached hydrogens (tertiary/aromatic N) is 7. The van der Waals surface area contributed by atoms with Gasteiger partial charge in [-0.05, 0) is 131 Å². The van der Waals surface area contributed by atoms with Crippen LogP contribution in [0, 0.1) is 11.8 Å². The van der Waals surface area contributed by atoms with Crippen LogP contribution in [0.15, 0.2) is 59.8 Å². The quantitative estimate of drug-likeness (QED) is 0.0915. The molecule has 376 valence electrons. The number of benzene rings is 2. The lowest BCUT2D eigenvalue weighted by Gasteiger charge is -2.42. The van der Waals surface area contributed by atoms with E-state index >= 15 is 0 Å². The van der Waals surface area contributed by atoms with Crippen LogP contribution >= 0.6 is 11.8 Å². The predicted octanol–water partition coefficient (Wildman–Crippen LogP) is 6.99. The van der Waals surface area contributed by atoms with E-state index in [0.717, 1.165) is 47.0 Å². The van der Waals surface area contributed by atoms with E-state index < -0.39 is 47.1 Å². The molecule has 5 heterocycles. The van der Waals surface area contributed by atoms with E-state index in [4.69, 9.17) is 19.2 Å². The Morgan fingerprint density at radius 3 is 2.37 bits per heavy atom. The van der Waals surface area contributed by atoms with Crippen molar-refractivity contribution in [3.63, 3.8) is 0 Å². The van der Waals surface area contributed by atoms with Gasteiger partial charge in [-0.1, -0.05) is 32.9 Å². The van der Waals surface area contributed by atoms with Gasteiger partial charge in [-0.25, -0.2) is 14.6 Å². The van der Waals surface area contributed by atoms with Crippen molar-refractivity contribution in [2.75, 3.05) is 54.2 Å². The highest BCUT2D eigenvalue weighted by Gasteiger charge is 2.44. The molecule has 3 N–H and O–H groups in total. The summed E-state index contributed by atoms with van der Waals surface area (Å²) >= 11 is 1.64. The van der Waals surface area contributed by atoms with Crippen LogP contribution in [0.4, 0.5) is 26.9 Å². The third kappa shape index (κ3) is 12.3. The van der Waals surface area contributed by atoms with Gasteiger partial charge in [-0.2, -0.15) is 0 Å².